The molecule has 0 unspecified atom stereocenters. The maximum atomic E-state index is 3.25. The van der Waals surface area contributed by atoms with Gasteiger partial charge in [-0.3, -0.25) is 0 Å². The molecule has 0 aromatic rings. The monoisotopic (exact) mass is 729 g/mol. The van der Waals surface area contributed by atoms with Gasteiger partial charge in [-0.05, 0) is 0 Å². The normalized spacial score (nSPS) is 1.20. The van der Waals surface area contributed by atoms with Gasteiger partial charge in [0.25, 0.3) is 0 Å². The maximum absolute atomic E-state index is 3.25. The van der Waals surface area contributed by atoms with Crippen LogP contribution >= 0.6 is 0 Å². The quantitative estimate of drug-likeness (QED) is 0.337. The molecule has 0 aliphatic heterocycles. The van der Waals surface area contributed by atoms with Crippen molar-refractivity contribution in [3.05, 3.63) is 28.7 Å². The van der Waals surface area contributed by atoms with Gasteiger partial charge in [-0.2, -0.15) is 13.8 Å². The first-order valence-corrected chi connectivity index (χ1v) is 1.41. The van der Waals surface area contributed by atoms with Gasteiger partial charge in [0.2, 0.25) is 0 Å². The molecule has 0 saturated carbocycles. The predicted molar refractivity (Wildman–Crippen MR) is 34.9 cm³/mol. The summed E-state index contributed by atoms with van der Waals surface area (Å²) in [5, 5.41) is 0. The van der Waals surface area contributed by atoms with E-state index in [9.17, 15) is 0 Å². The zero-order valence-corrected chi connectivity index (χ0v) is 18.9. The molecule has 0 fully saturated rings. The standard InChI is InChI=1S/2C2H5.2CH3.3W.Y/c2*1-2;;;;;;/h2*1H2,2H3;2*1H3;;;;/q4*-1;;;+2;. The van der Waals surface area contributed by atoms with Crippen LogP contribution in [-0.2, 0) is 95.9 Å². The first kappa shape index (κ1) is 73.0. The fourth-order valence-corrected chi connectivity index (χ4v) is 0. The van der Waals surface area contributed by atoms with Crippen molar-refractivity contribution >= 4 is 0 Å². The molecule has 0 nitrogen and oxygen atoms in total. The molecule has 0 rings (SSSR count). The molecule has 63 valence electrons. The third-order valence-electron chi connectivity index (χ3n) is 0. The zero-order chi connectivity index (χ0) is 4.00. The average Bonchev–Trinajstić information content (AvgIpc) is 1.50. The summed E-state index contributed by atoms with van der Waals surface area (Å²) in [5.74, 6) is 0. The first-order chi connectivity index (χ1) is 2.00. The second-order valence-electron chi connectivity index (χ2n) is 0. The Morgan fingerprint density at radius 2 is 0.700 bits per heavy atom. The van der Waals surface area contributed by atoms with Gasteiger partial charge in [-0.1, -0.05) is 0 Å². The van der Waals surface area contributed by atoms with Crippen LogP contribution in [0.15, 0.2) is 0 Å². The maximum Gasteiger partial charge on any atom is 2.00 e. The van der Waals surface area contributed by atoms with Gasteiger partial charge >= 0.3 is 21.1 Å². The number of hydrogen-bond acceptors (Lipinski definition) is 0. The third kappa shape index (κ3) is 115. The van der Waals surface area contributed by atoms with Crippen molar-refractivity contribution in [2.24, 2.45) is 0 Å². The average molecular weight is 729 g/mol. The van der Waals surface area contributed by atoms with Crippen LogP contribution in [0.2, 0.25) is 0 Å². The van der Waals surface area contributed by atoms with Gasteiger partial charge in [0, 0.05) is 74.8 Å². The molecule has 0 heterocycles. The van der Waals surface area contributed by atoms with Crippen LogP contribution in [0.4, 0.5) is 0 Å². The zero-order valence-electron chi connectivity index (χ0n) is 7.22. The Labute approximate surface area is 136 Å². The van der Waals surface area contributed by atoms with Gasteiger partial charge in [-0.15, -0.1) is 0 Å². The Morgan fingerprint density at radius 3 is 0.700 bits per heavy atom. The van der Waals surface area contributed by atoms with E-state index < -0.39 is 0 Å². The molecule has 0 N–H and O–H groups in total. The molecule has 10 heavy (non-hydrogen) atoms. The molecule has 0 aromatic carbocycles. The number of hydrogen-bond donors (Lipinski definition) is 0. The van der Waals surface area contributed by atoms with Crippen molar-refractivity contribution in [2.75, 3.05) is 0 Å². The summed E-state index contributed by atoms with van der Waals surface area (Å²) in [6, 6.07) is 0. The van der Waals surface area contributed by atoms with Crippen LogP contribution in [0.3, 0.4) is 0 Å². The molecular weight excluding hydrogens is 712 g/mol. The molecule has 0 spiro atoms. The van der Waals surface area contributed by atoms with Gasteiger partial charge in [0.1, 0.15) is 0 Å². The van der Waals surface area contributed by atoms with E-state index in [0.29, 0.717) is 0 Å². The van der Waals surface area contributed by atoms with E-state index in [1.54, 1.807) is 13.8 Å². The van der Waals surface area contributed by atoms with Crippen molar-refractivity contribution in [3.63, 3.8) is 0 Å². The van der Waals surface area contributed by atoms with Crippen LogP contribution in [0.5, 0.6) is 0 Å². The molecule has 0 aliphatic carbocycles. The first-order valence-electron chi connectivity index (χ1n) is 1.41. The summed E-state index contributed by atoms with van der Waals surface area (Å²) < 4.78 is 0. The van der Waals surface area contributed by atoms with E-state index in [2.05, 4.69) is 13.8 Å². The van der Waals surface area contributed by atoms with E-state index in [-0.39, 0.29) is 111 Å². The third-order valence-corrected chi connectivity index (χ3v) is 0. The minimum absolute atomic E-state index is 0. The van der Waals surface area contributed by atoms with Gasteiger partial charge in [0.15, 0.2) is 0 Å². The van der Waals surface area contributed by atoms with Crippen LogP contribution in [0.25, 0.3) is 0 Å². The van der Waals surface area contributed by atoms with Crippen molar-refractivity contribution in [1.82, 2.24) is 0 Å². The molecular formula is C6H16W3Y-2. The molecule has 0 amide bonds. The summed E-state index contributed by atoms with van der Waals surface area (Å²) >= 11 is 0. The van der Waals surface area contributed by atoms with E-state index in [1.807, 2.05) is 0 Å². The summed E-state index contributed by atoms with van der Waals surface area (Å²) in [6.07, 6.45) is 0. The van der Waals surface area contributed by atoms with Crippen molar-refractivity contribution < 1.29 is 95.9 Å². The summed E-state index contributed by atoms with van der Waals surface area (Å²) in [7, 11) is 0. The summed E-state index contributed by atoms with van der Waals surface area (Å²) in [4.78, 5) is 0. The molecule has 0 bridgehead atoms. The van der Waals surface area contributed by atoms with E-state index in [4.69, 9.17) is 0 Å². The predicted octanol–water partition coefficient (Wildman–Crippen LogP) is 2.57. The van der Waals surface area contributed by atoms with Crippen LogP contribution in [0, 0.1) is 28.7 Å². The molecule has 0 atom stereocenters. The Balaban J connectivity index is -0.000000000833. The Kier molecular flexibility index (Phi) is 1100. The topological polar surface area (TPSA) is 0 Å². The molecule has 4 heteroatoms. The minimum atomic E-state index is 0. The van der Waals surface area contributed by atoms with Crippen LogP contribution in [0.1, 0.15) is 13.8 Å². The molecule has 0 aromatic heterocycles. The second kappa shape index (κ2) is 151. The smallest absolute Gasteiger partial charge is 0.358 e. The van der Waals surface area contributed by atoms with E-state index in [1.165, 1.54) is 0 Å². The number of rotatable bonds is 0. The van der Waals surface area contributed by atoms with Crippen LogP contribution < -0.4 is 0 Å². The Morgan fingerprint density at radius 1 is 0.700 bits per heavy atom. The van der Waals surface area contributed by atoms with Gasteiger partial charge in [-0.25, -0.2) is 0 Å². The SMILES string of the molecule is [CH2-]C.[CH2-]C.[CH3-].[CH3-].[W+2].[W].[W].[Y]. The minimum Gasteiger partial charge on any atom is -0.358 e. The molecule has 1 radical (unpaired) electrons. The van der Waals surface area contributed by atoms with Crippen molar-refractivity contribution in [3.8, 4) is 0 Å². The van der Waals surface area contributed by atoms with E-state index in [0.717, 1.165) is 0 Å². The fraction of sp³-hybridized carbons (Fsp3) is 0.333. The van der Waals surface area contributed by atoms with Crippen LogP contribution in [-0.4, -0.2) is 0 Å². The molecule has 0 saturated heterocycles. The summed E-state index contributed by atoms with van der Waals surface area (Å²) in [6.45, 7) is 10.0. The van der Waals surface area contributed by atoms with Crippen molar-refractivity contribution in [2.45, 2.75) is 13.8 Å². The second-order valence-corrected chi connectivity index (χ2v) is 0. The molecule has 0 aliphatic rings. The summed E-state index contributed by atoms with van der Waals surface area (Å²) in [5.41, 5.74) is 0. The largest absolute Gasteiger partial charge is 2.00 e. The van der Waals surface area contributed by atoms with E-state index >= 15 is 0 Å². The van der Waals surface area contributed by atoms with Gasteiger partial charge < -0.3 is 28.7 Å². The Hall–Kier alpha value is 3.17. The fourth-order valence-electron chi connectivity index (χ4n) is 0. The van der Waals surface area contributed by atoms with Crippen molar-refractivity contribution in [1.29, 1.82) is 0 Å². The Bertz CT molecular complexity index is 13.0. The van der Waals surface area contributed by atoms with Gasteiger partial charge in [0.05, 0.1) is 0 Å².